The van der Waals surface area contributed by atoms with E-state index in [-0.39, 0.29) is 37.2 Å². The van der Waals surface area contributed by atoms with Gasteiger partial charge in [-0.05, 0) is 49.1 Å². The van der Waals surface area contributed by atoms with Gasteiger partial charge in [-0.25, -0.2) is 4.39 Å². The van der Waals surface area contributed by atoms with Crippen molar-refractivity contribution in [2.75, 3.05) is 26.1 Å². The first kappa shape index (κ1) is 20.0. The summed E-state index contributed by atoms with van der Waals surface area (Å²) in [7, 11) is -3.46. The summed E-state index contributed by atoms with van der Waals surface area (Å²) in [5.74, 6) is -2.19. The second kappa shape index (κ2) is 8.89. The molecule has 0 N–H and O–H groups in total. The lowest BCUT2D eigenvalue weighted by Gasteiger charge is -2.28. The van der Waals surface area contributed by atoms with Crippen LogP contribution in [0.25, 0.3) is 0 Å². The molecule has 1 aromatic carbocycles. The van der Waals surface area contributed by atoms with Gasteiger partial charge in [0, 0.05) is 6.42 Å². The zero-order valence-electron chi connectivity index (χ0n) is 14.1. The Hall–Kier alpha value is -1.28. The molecule has 142 valence electrons. The molecule has 2 rings (SSSR count). The van der Waals surface area contributed by atoms with E-state index in [0.29, 0.717) is 31.2 Å². The Labute approximate surface area is 146 Å². The average molecular weight is 380 g/mol. The number of hydrogen-bond acceptors (Lipinski definition) is 4. The molecule has 25 heavy (non-hydrogen) atoms. The summed E-state index contributed by atoms with van der Waals surface area (Å²) < 4.78 is 72.4. The van der Waals surface area contributed by atoms with Crippen LogP contribution in [0, 0.1) is 17.6 Å². The quantitative estimate of drug-likeness (QED) is 0.506. The molecule has 4 nitrogen and oxygen atoms in total. The van der Waals surface area contributed by atoms with Crippen LogP contribution < -0.4 is 4.74 Å². The molecule has 0 saturated heterocycles. The highest BCUT2D eigenvalue weighted by Gasteiger charge is 2.27. The van der Waals surface area contributed by atoms with Gasteiger partial charge >= 0.3 is 0 Å². The second-order valence-electron chi connectivity index (χ2n) is 6.38. The molecular weight excluding hydrogens is 357 g/mol. The summed E-state index contributed by atoms with van der Waals surface area (Å²) in [6.07, 6.45) is 3.79. The van der Waals surface area contributed by atoms with E-state index in [9.17, 15) is 21.6 Å². The van der Waals surface area contributed by atoms with Gasteiger partial charge in [0.25, 0.3) is 10.1 Å². The number of rotatable bonds is 8. The molecule has 1 aromatic rings. The SMILES string of the molecule is CS(=O)(=O)OCC1CCC(c2ccc(OCCCF)c(F)c2F)CC1. The summed E-state index contributed by atoms with van der Waals surface area (Å²) >= 11 is 0. The first-order valence-electron chi connectivity index (χ1n) is 8.33. The fourth-order valence-electron chi connectivity index (χ4n) is 3.07. The molecule has 1 aliphatic rings. The fraction of sp³-hybridized carbons (Fsp3) is 0.647. The molecule has 1 saturated carbocycles. The van der Waals surface area contributed by atoms with E-state index in [0.717, 1.165) is 6.26 Å². The van der Waals surface area contributed by atoms with Crippen molar-refractivity contribution < 1.29 is 30.5 Å². The fourth-order valence-corrected chi connectivity index (χ4v) is 3.51. The van der Waals surface area contributed by atoms with Gasteiger partial charge in [0.05, 0.1) is 26.1 Å². The Kier molecular flexibility index (Phi) is 7.13. The number of alkyl halides is 1. The molecule has 0 radical (unpaired) electrons. The summed E-state index contributed by atoms with van der Waals surface area (Å²) in [5.41, 5.74) is 0.304. The molecule has 8 heteroatoms. The monoisotopic (exact) mass is 380 g/mol. The minimum Gasteiger partial charge on any atom is -0.490 e. The van der Waals surface area contributed by atoms with E-state index < -0.39 is 28.4 Å². The van der Waals surface area contributed by atoms with Gasteiger partial charge in [0.2, 0.25) is 5.82 Å². The van der Waals surface area contributed by atoms with E-state index in [1.807, 2.05) is 0 Å². The highest BCUT2D eigenvalue weighted by molar-refractivity contribution is 7.85. The van der Waals surface area contributed by atoms with Crippen LogP contribution in [-0.2, 0) is 14.3 Å². The largest absolute Gasteiger partial charge is 0.490 e. The van der Waals surface area contributed by atoms with Crippen LogP contribution in [0.15, 0.2) is 12.1 Å². The van der Waals surface area contributed by atoms with Gasteiger partial charge in [-0.15, -0.1) is 0 Å². The normalized spacial score (nSPS) is 21.3. The average Bonchev–Trinajstić information content (AvgIpc) is 2.57. The van der Waals surface area contributed by atoms with Crippen molar-refractivity contribution >= 4 is 10.1 Å². The standard InChI is InChI=1S/C17H23F3O4S/c1-25(21,22)24-11-12-3-5-13(6-4-12)14-7-8-15(17(20)16(14)19)23-10-2-9-18/h7-8,12-13H,2-6,9-11H2,1H3. The van der Waals surface area contributed by atoms with Crippen LogP contribution in [0.3, 0.4) is 0 Å². The van der Waals surface area contributed by atoms with Crippen molar-refractivity contribution in [2.45, 2.75) is 38.0 Å². The number of benzene rings is 1. The van der Waals surface area contributed by atoms with Crippen molar-refractivity contribution in [3.8, 4) is 5.75 Å². The van der Waals surface area contributed by atoms with Crippen LogP contribution in [0.4, 0.5) is 13.2 Å². The Balaban J connectivity index is 1.95. The van der Waals surface area contributed by atoms with Crippen LogP contribution in [0.1, 0.15) is 43.6 Å². The Morgan fingerprint density at radius 2 is 1.80 bits per heavy atom. The summed E-state index contributed by atoms with van der Waals surface area (Å²) in [6, 6.07) is 2.89. The van der Waals surface area contributed by atoms with Crippen molar-refractivity contribution in [2.24, 2.45) is 5.92 Å². The van der Waals surface area contributed by atoms with Gasteiger partial charge in [0.15, 0.2) is 11.6 Å². The van der Waals surface area contributed by atoms with Gasteiger partial charge < -0.3 is 4.74 Å². The molecule has 0 aromatic heterocycles. The predicted octanol–water partition coefficient (Wildman–Crippen LogP) is 3.95. The van der Waals surface area contributed by atoms with Crippen LogP contribution >= 0.6 is 0 Å². The van der Waals surface area contributed by atoms with Gasteiger partial charge in [-0.2, -0.15) is 12.8 Å². The predicted molar refractivity (Wildman–Crippen MR) is 87.9 cm³/mol. The lowest BCUT2D eigenvalue weighted by Crippen LogP contribution is -2.20. The molecule has 0 amide bonds. The lowest BCUT2D eigenvalue weighted by atomic mass is 9.79. The van der Waals surface area contributed by atoms with Crippen molar-refractivity contribution in [3.05, 3.63) is 29.3 Å². The third kappa shape index (κ3) is 5.88. The third-order valence-electron chi connectivity index (χ3n) is 4.42. The maximum absolute atomic E-state index is 14.3. The molecule has 0 bridgehead atoms. The van der Waals surface area contributed by atoms with Crippen molar-refractivity contribution in [1.29, 1.82) is 0 Å². The lowest BCUT2D eigenvalue weighted by molar-refractivity contribution is 0.204. The van der Waals surface area contributed by atoms with Crippen LogP contribution in [0.5, 0.6) is 5.75 Å². The number of ether oxygens (including phenoxy) is 1. The van der Waals surface area contributed by atoms with Crippen molar-refractivity contribution in [3.63, 3.8) is 0 Å². The third-order valence-corrected chi connectivity index (χ3v) is 4.98. The Morgan fingerprint density at radius 1 is 1.12 bits per heavy atom. The zero-order valence-corrected chi connectivity index (χ0v) is 15.0. The van der Waals surface area contributed by atoms with Gasteiger partial charge in [-0.3, -0.25) is 8.57 Å². The number of hydrogen-bond donors (Lipinski definition) is 0. The molecule has 0 unspecified atom stereocenters. The minimum atomic E-state index is -3.46. The van der Waals surface area contributed by atoms with E-state index in [1.54, 1.807) is 0 Å². The molecule has 0 aliphatic heterocycles. The maximum Gasteiger partial charge on any atom is 0.264 e. The molecular formula is C17H23F3O4S. The van der Waals surface area contributed by atoms with Gasteiger partial charge in [0.1, 0.15) is 0 Å². The highest BCUT2D eigenvalue weighted by Crippen LogP contribution is 2.38. The van der Waals surface area contributed by atoms with E-state index in [4.69, 9.17) is 8.92 Å². The molecule has 1 fully saturated rings. The summed E-state index contributed by atoms with van der Waals surface area (Å²) in [4.78, 5) is 0. The Bertz CT molecular complexity index is 671. The smallest absolute Gasteiger partial charge is 0.264 e. The molecule has 0 atom stereocenters. The maximum atomic E-state index is 14.3. The molecule has 1 aliphatic carbocycles. The van der Waals surface area contributed by atoms with Crippen molar-refractivity contribution in [1.82, 2.24) is 0 Å². The van der Waals surface area contributed by atoms with E-state index in [2.05, 4.69) is 0 Å². The highest BCUT2D eigenvalue weighted by atomic mass is 32.2. The van der Waals surface area contributed by atoms with Crippen LogP contribution in [0.2, 0.25) is 0 Å². The second-order valence-corrected chi connectivity index (χ2v) is 8.02. The zero-order chi connectivity index (χ0) is 18.4. The minimum absolute atomic E-state index is 0.00233. The first-order valence-corrected chi connectivity index (χ1v) is 10.1. The topological polar surface area (TPSA) is 52.6 Å². The Morgan fingerprint density at radius 3 is 2.40 bits per heavy atom. The summed E-state index contributed by atoms with van der Waals surface area (Å²) in [6.45, 7) is -0.449. The number of halogens is 3. The van der Waals surface area contributed by atoms with Gasteiger partial charge in [-0.1, -0.05) is 6.07 Å². The van der Waals surface area contributed by atoms with E-state index >= 15 is 0 Å². The van der Waals surface area contributed by atoms with E-state index in [1.165, 1.54) is 12.1 Å². The molecule has 0 spiro atoms. The van der Waals surface area contributed by atoms with Crippen LogP contribution in [-0.4, -0.2) is 34.6 Å². The summed E-state index contributed by atoms with van der Waals surface area (Å²) in [5, 5.41) is 0. The molecule has 0 heterocycles. The first-order chi connectivity index (χ1) is 11.8.